The molecule has 0 aromatic heterocycles. The topological polar surface area (TPSA) is 76.7 Å². The van der Waals surface area contributed by atoms with Crippen LogP contribution in [-0.2, 0) is 14.3 Å². The Bertz CT molecular complexity index is 550. The third-order valence-corrected chi connectivity index (χ3v) is 3.38. The first-order valence-corrected chi connectivity index (χ1v) is 6.50. The van der Waals surface area contributed by atoms with E-state index in [2.05, 4.69) is 15.4 Å². The smallest absolute Gasteiger partial charge is 0.340 e. The molecule has 0 saturated carbocycles. The lowest BCUT2D eigenvalue weighted by atomic mass is 10.1. The number of amides is 1. The maximum absolute atomic E-state index is 13.5. The zero-order chi connectivity index (χ0) is 15.4. The van der Waals surface area contributed by atoms with Crippen molar-refractivity contribution in [1.29, 1.82) is 0 Å². The lowest BCUT2D eigenvalue weighted by Crippen LogP contribution is -2.35. The summed E-state index contributed by atoms with van der Waals surface area (Å²) in [6.07, 6.45) is 0.563. The van der Waals surface area contributed by atoms with Gasteiger partial charge in [0.25, 0.3) is 0 Å². The fourth-order valence-electron chi connectivity index (χ4n) is 2.18. The predicted octanol–water partition coefficient (Wildman–Crippen LogP) is 0.928. The summed E-state index contributed by atoms with van der Waals surface area (Å²) in [6, 6.07) is 3.38. The minimum Gasteiger partial charge on any atom is -0.465 e. The van der Waals surface area contributed by atoms with Crippen molar-refractivity contribution in [2.24, 2.45) is 0 Å². The zero-order valence-electron chi connectivity index (χ0n) is 11.8. The van der Waals surface area contributed by atoms with Crippen LogP contribution >= 0.6 is 0 Å². The van der Waals surface area contributed by atoms with Crippen molar-refractivity contribution in [3.8, 4) is 0 Å². The van der Waals surface area contributed by atoms with Gasteiger partial charge in [-0.05, 0) is 24.6 Å². The molecule has 0 radical (unpaired) electrons. The largest absolute Gasteiger partial charge is 0.465 e. The summed E-state index contributed by atoms with van der Waals surface area (Å²) in [6.45, 7) is 0.603. The Kier molecular flexibility index (Phi) is 4.87. The molecule has 0 aliphatic carbocycles. The van der Waals surface area contributed by atoms with Gasteiger partial charge in [0.15, 0.2) is 0 Å². The first kappa shape index (κ1) is 15.4. The number of rotatable bonds is 4. The quantitative estimate of drug-likeness (QED) is 0.808. The Morgan fingerprint density at radius 3 is 2.76 bits per heavy atom. The lowest BCUT2D eigenvalue weighted by molar-refractivity contribution is -0.118. The zero-order valence-corrected chi connectivity index (χ0v) is 11.8. The molecule has 114 valence electrons. The highest BCUT2D eigenvalue weighted by Gasteiger charge is 2.29. The van der Waals surface area contributed by atoms with E-state index in [1.165, 1.54) is 19.2 Å². The number of benzene rings is 1. The van der Waals surface area contributed by atoms with Crippen molar-refractivity contribution >= 4 is 17.6 Å². The Labute approximate surface area is 121 Å². The van der Waals surface area contributed by atoms with Gasteiger partial charge in [-0.3, -0.25) is 4.79 Å². The highest BCUT2D eigenvalue weighted by atomic mass is 19.1. The molecule has 6 nitrogen and oxygen atoms in total. The summed E-state index contributed by atoms with van der Waals surface area (Å²) in [5.74, 6) is -1.74. The molecule has 1 heterocycles. The van der Waals surface area contributed by atoms with Crippen LogP contribution in [0.2, 0.25) is 0 Å². The second-order valence-corrected chi connectivity index (χ2v) is 4.73. The molecule has 1 aliphatic rings. The van der Waals surface area contributed by atoms with Crippen LogP contribution in [0.15, 0.2) is 18.2 Å². The Balaban J connectivity index is 2.06. The van der Waals surface area contributed by atoms with Crippen LogP contribution in [0.5, 0.6) is 0 Å². The number of carbonyl (C=O) groups is 2. The van der Waals surface area contributed by atoms with Gasteiger partial charge in [0.1, 0.15) is 5.82 Å². The van der Waals surface area contributed by atoms with Crippen LogP contribution < -0.4 is 10.6 Å². The molecule has 1 aliphatic heterocycles. The van der Waals surface area contributed by atoms with Gasteiger partial charge in [-0.2, -0.15) is 0 Å². The second-order valence-electron chi connectivity index (χ2n) is 4.73. The van der Waals surface area contributed by atoms with E-state index < -0.39 is 11.8 Å². The standard InChI is InChI=1S/C14H17FN2O4/c1-20-9-6-12(16-7-9)13(18)17-8-3-4-11(15)10(5-8)14(19)21-2/h3-5,9,12,16H,6-7H2,1-2H3,(H,17,18). The van der Waals surface area contributed by atoms with Gasteiger partial charge < -0.3 is 20.1 Å². The van der Waals surface area contributed by atoms with Crippen molar-refractivity contribution in [2.75, 3.05) is 26.1 Å². The van der Waals surface area contributed by atoms with Crippen molar-refractivity contribution < 1.29 is 23.5 Å². The molecular formula is C14H17FN2O4. The van der Waals surface area contributed by atoms with E-state index in [9.17, 15) is 14.0 Å². The first-order valence-electron chi connectivity index (χ1n) is 6.50. The molecular weight excluding hydrogens is 279 g/mol. The van der Waals surface area contributed by atoms with Gasteiger partial charge >= 0.3 is 5.97 Å². The monoisotopic (exact) mass is 296 g/mol. The third-order valence-electron chi connectivity index (χ3n) is 3.38. The summed E-state index contributed by atoms with van der Waals surface area (Å²) in [5.41, 5.74) is 0.119. The molecule has 0 spiro atoms. The fourth-order valence-corrected chi connectivity index (χ4v) is 2.18. The predicted molar refractivity (Wildman–Crippen MR) is 73.6 cm³/mol. The van der Waals surface area contributed by atoms with Gasteiger partial charge in [-0.15, -0.1) is 0 Å². The molecule has 2 N–H and O–H groups in total. The molecule has 7 heteroatoms. The van der Waals surface area contributed by atoms with Gasteiger partial charge in [-0.25, -0.2) is 9.18 Å². The minimum absolute atomic E-state index is 0.000372. The van der Waals surface area contributed by atoms with Crippen molar-refractivity contribution in [3.63, 3.8) is 0 Å². The number of methoxy groups -OCH3 is 2. The lowest BCUT2D eigenvalue weighted by Gasteiger charge is -2.12. The first-order chi connectivity index (χ1) is 10.0. The number of hydrogen-bond acceptors (Lipinski definition) is 5. The Morgan fingerprint density at radius 1 is 1.38 bits per heavy atom. The molecule has 0 bridgehead atoms. The number of anilines is 1. The summed E-state index contributed by atoms with van der Waals surface area (Å²) < 4.78 is 23.2. The van der Waals surface area contributed by atoms with E-state index in [0.29, 0.717) is 18.7 Å². The SMILES string of the molecule is COC(=O)c1cc(NC(=O)C2CC(OC)CN2)ccc1F. The highest BCUT2D eigenvalue weighted by Crippen LogP contribution is 2.17. The van der Waals surface area contributed by atoms with E-state index in [-0.39, 0.29) is 23.6 Å². The number of esters is 1. The fraction of sp³-hybridized carbons (Fsp3) is 0.429. The Morgan fingerprint density at radius 2 is 2.14 bits per heavy atom. The molecule has 2 unspecified atom stereocenters. The van der Waals surface area contributed by atoms with E-state index in [1.54, 1.807) is 7.11 Å². The van der Waals surface area contributed by atoms with Crippen molar-refractivity contribution in [2.45, 2.75) is 18.6 Å². The molecule has 1 amide bonds. The second kappa shape index (κ2) is 6.64. The molecule has 21 heavy (non-hydrogen) atoms. The van der Waals surface area contributed by atoms with E-state index in [0.717, 1.165) is 6.07 Å². The number of hydrogen-bond donors (Lipinski definition) is 2. The number of nitrogens with one attached hydrogen (secondary N) is 2. The van der Waals surface area contributed by atoms with Crippen LogP contribution in [0.1, 0.15) is 16.8 Å². The summed E-state index contributed by atoms with van der Waals surface area (Å²) >= 11 is 0. The maximum atomic E-state index is 13.5. The van der Waals surface area contributed by atoms with Crippen LogP contribution in [0.25, 0.3) is 0 Å². The summed E-state index contributed by atoms with van der Waals surface area (Å²) in [4.78, 5) is 23.5. The molecule has 1 aromatic carbocycles. The van der Waals surface area contributed by atoms with Crippen molar-refractivity contribution in [1.82, 2.24) is 5.32 Å². The minimum atomic E-state index is -0.790. The van der Waals surface area contributed by atoms with Crippen molar-refractivity contribution in [3.05, 3.63) is 29.6 Å². The van der Waals surface area contributed by atoms with Gasteiger partial charge in [0.2, 0.25) is 5.91 Å². The van der Waals surface area contributed by atoms with Crippen LogP contribution in [-0.4, -0.2) is 44.8 Å². The normalized spacial score (nSPS) is 21.1. The summed E-state index contributed by atoms with van der Waals surface area (Å²) in [5, 5.41) is 5.68. The highest BCUT2D eigenvalue weighted by molar-refractivity contribution is 5.97. The maximum Gasteiger partial charge on any atom is 0.340 e. The number of ether oxygens (including phenoxy) is 2. The molecule has 1 fully saturated rings. The molecule has 1 saturated heterocycles. The van der Waals surface area contributed by atoms with Crippen LogP contribution in [0.3, 0.4) is 0 Å². The molecule has 1 aromatic rings. The van der Waals surface area contributed by atoms with E-state index in [4.69, 9.17) is 4.74 Å². The van der Waals surface area contributed by atoms with Crippen LogP contribution in [0, 0.1) is 5.82 Å². The number of halogens is 1. The average molecular weight is 296 g/mol. The number of carbonyl (C=O) groups excluding carboxylic acids is 2. The van der Waals surface area contributed by atoms with Gasteiger partial charge in [0, 0.05) is 19.3 Å². The average Bonchev–Trinajstić information content (AvgIpc) is 2.97. The molecule has 2 rings (SSSR count). The summed E-state index contributed by atoms with van der Waals surface area (Å²) in [7, 11) is 2.76. The van der Waals surface area contributed by atoms with Gasteiger partial charge in [0.05, 0.1) is 24.8 Å². The van der Waals surface area contributed by atoms with Gasteiger partial charge in [-0.1, -0.05) is 0 Å². The van der Waals surface area contributed by atoms with E-state index >= 15 is 0 Å². The van der Waals surface area contributed by atoms with E-state index in [1.807, 2.05) is 0 Å². The third kappa shape index (κ3) is 3.56. The van der Waals surface area contributed by atoms with Crippen LogP contribution in [0.4, 0.5) is 10.1 Å². The molecule has 2 atom stereocenters. The Hall–Kier alpha value is -1.99.